The summed E-state index contributed by atoms with van der Waals surface area (Å²) in [4.78, 5) is 51.2. The van der Waals surface area contributed by atoms with Crippen molar-refractivity contribution in [2.45, 2.75) is 58.3 Å². The number of esters is 1. The largest absolute Gasteiger partial charge is 0.468 e. The molecule has 5 heteroatoms. The number of hydrogen-bond acceptors (Lipinski definition) is 5. The molecule has 1 unspecified atom stereocenters. The van der Waals surface area contributed by atoms with Gasteiger partial charge in [0.25, 0.3) is 0 Å². The van der Waals surface area contributed by atoms with E-state index in [9.17, 15) is 19.2 Å². The summed E-state index contributed by atoms with van der Waals surface area (Å²) in [5, 5.41) is 0. The molecule has 0 spiro atoms. The molecule has 0 aromatic rings. The van der Waals surface area contributed by atoms with Gasteiger partial charge in [0.15, 0.2) is 5.78 Å². The summed E-state index contributed by atoms with van der Waals surface area (Å²) >= 11 is 0. The van der Waals surface area contributed by atoms with Crippen LogP contribution in [0.15, 0.2) is 0 Å². The van der Waals surface area contributed by atoms with Gasteiger partial charge in [-0.3, -0.25) is 19.2 Å². The molecular weight excluding hydrogens is 320 g/mol. The Hall–Kier alpha value is -1.52. The van der Waals surface area contributed by atoms with Crippen LogP contribution in [0.25, 0.3) is 0 Å². The standard InChI is InChI=1S/C20H26O5/c1-19-7-6-13-17(14(19)9-12(21)10-19)15(22)8-11-4-3-5-16(23)20(11,13)18(24)25-2/h11,13-14,17H,3-10H2,1-2H3/t11-,13-,14+,17?,19+,20+/m0/s1. The number of ether oxygens (including phenoxy) is 1. The predicted molar refractivity (Wildman–Crippen MR) is 88.5 cm³/mol. The van der Waals surface area contributed by atoms with Crippen molar-refractivity contribution < 1.29 is 23.9 Å². The first kappa shape index (κ1) is 16.9. The summed E-state index contributed by atoms with van der Waals surface area (Å²) in [6, 6.07) is 0. The number of Topliss-reactive ketones (excluding diaryl/α,β-unsaturated/α-hetero) is 3. The van der Waals surface area contributed by atoms with E-state index < -0.39 is 11.4 Å². The minimum Gasteiger partial charge on any atom is -0.468 e. The monoisotopic (exact) mass is 346 g/mol. The summed E-state index contributed by atoms with van der Waals surface area (Å²) < 4.78 is 5.12. The van der Waals surface area contributed by atoms with Crippen molar-refractivity contribution in [3.8, 4) is 0 Å². The maximum absolute atomic E-state index is 13.1. The van der Waals surface area contributed by atoms with Crippen molar-refractivity contribution >= 4 is 23.3 Å². The average Bonchev–Trinajstić information content (AvgIpc) is 2.88. The van der Waals surface area contributed by atoms with Gasteiger partial charge in [0.05, 0.1) is 7.11 Å². The third-order valence-corrected chi connectivity index (χ3v) is 7.83. The molecule has 4 saturated carbocycles. The fourth-order valence-corrected chi connectivity index (χ4v) is 6.81. The van der Waals surface area contributed by atoms with Gasteiger partial charge in [0.2, 0.25) is 0 Å². The highest BCUT2D eigenvalue weighted by molar-refractivity contribution is 6.07. The van der Waals surface area contributed by atoms with Crippen LogP contribution < -0.4 is 0 Å². The van der Waals surface area contributed by atoms with E-state index >= 15 is 0 Å². The molecule has 6 atom stereocenters. The number of methoxy groups -OCH3 is 1. The molecule has 0 aromatic carbocycles. The molecule has 4 aliphatic carbocycles. The molecule has 5 nitrogen and oxygen atoms in total. The van der Waals surface area contributed by atoms with Gasteiger partial charge < -0.3 is 4.74 Å². The van der Waals surface area contributed by atoms with Crippen LogP contribution >= 0.6 is 0 Å². The summed E-state index contributed by atoms with van der Waals surface area (Å²) in [5.74, 6) is -0.992. The molecule has 4 aliphatic rings. The molecule has 25 heavy (non-hydrogen) atoms. The Morgan fingerprint density at radius 3 is 2.60 bits per heavy atom. The molecule has 0 amide bonds. The highest BCUT2D eigenvalue weighted by Crippen LogP contribution is 2.64. The summed E-state index contributed by atoms with van der Waals surface area (Å²) in [7, 11) is 1.34. The van der Waals surface area contributed by atoms with Gasteiger partial charge >= 0.3 is 5.97 Å². The maximum Gasteiger partial charge on any atom is 0.319 e. The number of fused-ring (bicyclic) bond motifs is 5. The van der Waals surface area contributed by atoms with Gasteiger partial charge in [-0.15, -0.1) is 0 Å². The van der Waals surface area contributed by atoms with Crippen LogP contribution in [0.2, 0.25) is 0 Å². The van der Waals surface area contributed by atoms with Crippen LogP contribution in [0.3, 0.4) is 0 Å². The Kier molecular flexibility index (Phi) is 3.71. The minimum atomic E-state index is -1.15. The second kappa shape index (κ2) is 5.49. The average molecular weight is 346 g/mol. The summed E-state index contributed by atoms with van der Waals surface area (Å²) in [5.41, 5.74) is -1.31. The smallest absolute Gasteiger partial charge is 0.319 e. The van der Waals surface area contributed by atoms with Gasteiger partial charge in [0.1, 0.15) is 17.0 Å². The maximum atomic E-state index is 13.1. The fourth-order valence-electron chi connectivity index (χ4n) is 6.81. The molecule has 136 valence electrons. The van der Waals surface area contributed by atoms with Crippen LogP contribution in [0.4, 0.5) is 0 Å². The Morgan fingerprint density at radius 1 is 1.12 bits per heavy atom. The van der Waals surface area contributed by atoms with E-state index in [-0.39, 0.29) is 52.9 Å². The third-order valence-electron chi connectivity index (χ3n) is 7.83. The van der Waals surface area contributed by atoms with Gasteiger partial charge in [-0.1, -0.05) is 6.92 Å². The zero-order valence-electron chi connectivity index (χ0n) is 15.0. The highest BCUT2D eigenvalue weighted by atomic mass is 16.5. The zero-order valence-corrected chi connectivity index (χ0v) is 15.0. The topological polar surface area (TPSA) is 77.5 Å². The molecule has 0 bridgehead atoms. The highest BCUT2D eigenvalue weighted by Gasteiger charge is 2.68. The molecule has 0 heterocycles. The second-order valence-corrected chi connectivity index (χ2v) is 8.89. The lowest BCUT2D eigenvalue weighted by Crippen LogP contribution is -2.63. The van der Waals surface area contributed by atoms with E-state index in [1.807, 2.05) is 0 Å². The molecule has 0 aliphatic heterocycles. The van der Waals surface area contributed by atoms with Crippen LogP contribution in [0.5, 0.6) is 0 Å². The molecule has 0 saturated heterocycles. The first-order chi connectivity index (χ1) is 11.8. The van der Waals surface area contributed by atoms with Gasteiger partial charge in [-0.2, -0.15) is 0 Å². The first-order valence-corrected chi connectivity index (χ1v) is 9.50. The van der Waals surface area contributed by atoms with Crippen molar-refractivity contribution in [2.24, 2.45) is 34.5 Å². The number of carbonyl (C=O) groups is 4. The SMILES string of the molecule is COC(=O)[C@]12C(=O)CCC[C@H]1CC(=O)C1[C@H]3CC(=O)C[C@@]3(C)CC[C@@H]12. The normalized spacial score (nSPS) is 46.2. The molecule has 4 fully saturated rings. The summed E-state index contributed by atoms with van der Waals surface area (Å²) in [6.45, 7) is 2.10. The van der Waals surface area contributed by atoms with Crippen LogP contribution in [-0.2, 0) is 23.9 Å². The Balaban J connectivity index is 1.83. The van der Waals surface area contributed by atoms with Gasteiger partial charge in [-0.05, 0) is 48.9 Å². The Morgan fingerprint density at radius 2 is 1.88 bits per heavy atom. The third kappa shape index (κ3) is 2.07. The lowest BCUT2D eigenvalue weighted by atomic mass is 9.44. The van der Waals surface area contributed by atoms with Gasteiger partial charge in [0, 0.05) is 31.6 Å². The molecular formula is C20H26O5. The van der Waals surface area contributed by atoms with E-state index in [1.54, 1.807) is 0 Å². The number of hydrogen-bond donors (Lipinski definition) is 0. The van der Waals surface area contributed by atoms with Crippen molar-refractivity contribution in [3.63, 3.8) is 0 Å². The van der Waals surface area contributed by atoms with E-state index in [2.05, 4.69) is 6.92 Å². The fraction of sp³-hybridized carbons (Fsp3) is 0.800. The molecule has 4 rings (SSSR count). The van der Waals surface area contributed by atoms with Crippen molar-refractivity contribution in [2.75, 3.05) is 7.11 Å². The van der Waals surface area contributed by atoms with Crippen LogP contribution in [-0.4, -0.2) is 30.4 Å². The molecule has 0 N–H and O–H groups in total. The van der Waals surface area contributed by atoms with Crippen molar-refractivity contribution in [1.29, 1.82) is 0 Å². The predicted octanol–water partition coefficient (Wildman–Crippen LogP) is 2.50. The lowest BCUT2D eigenvalue weighted by Gasteiger charge is -2.57. The van der Waals surface area contributed by atoms with Crippen molar-refractivity contribution in [3.05, 3.63) is 0 Å². The first-order valence-electron chi connectivity index (χ1n) is 9.50. The number of rotatable bonds is 1. The quantitative estimate of drug-likeness (QED) is 0.538. The number of ketones is 3. The van der Waals surface area contributed by atoms with E-state index in [0.717, 1.165) is 19.3 Å². The Bertz CT molecular complexity index is 657. The Labute approximate surface area is 147 Å². The molecule has 0 aromatic heterocycles. The lowest BCUT2D eigenvalue weighted by molar-refractivity contribution is -0.185. The van der Waals surface area contributed by atoms with Gasteiger partial charge in [-0.25, -0.2) is 0 Å². The van der Waals surface area contributed by atoms with Crippen LogP contribution in [0.1, 0.15) is 58.3 Å². The second-order valence-electron chi connectivity index (χ2n) is 8.89. The number of carbonyl (C=O) groups excluding carboxylic acids is 4. The van der Waals surface area contributed by atoms with E-state index in [1.165, 1.54) is 7.11 Å². The van der Waals surface area contributed by atoms with Crippen molar-refractivity contribution in [1.82, 2.24) is 0 Å². The van der Waals surface area contributed by atoms with Crippen LogP contribution in [0, 0.1) is 34.5 Å². The molecule has 0 radical (unpaired) electrons. The van der Waals surface area contributed by atoms with E-state index in [0.29, 0.717) is 25.7 Å². The summed E-state index contributed by atoms with van der Waals surface area (Å²) in [6.07, 6.45) is 4.55. The van der Waals surface area contributed by atoms with E-state index in [4.69, 9.17) is 4.74 Å². The minimum absolute atomic E-state index is 0.0246. The zero-order chi connectivity index (χ0) is 18.0.